The van der Waals surface area contributed by atoms with Crippen LogP contribution in [0.3, 0.4) is 0 Å². The maximum atomic E-state index is 11.3. The molecule has 0 aliphatic rings. The maximum absolute atomic E-state index is 11.3. The summed E-state index contributed by atoms with van der Waals surface area (Å²) >= 11 is -2.08. The molecule has 0 amide bonds. The molecule has 0 saturated carbocycles. The maximum Gasteiger partial charge on any atom is 0.246 e. The van der Waals surface area contributed by atoms with Crippen molar-refractivity contribution in [2.45, 2.75) is 16.5 Å². The van der Waals surface area contributed by atoms with Gasteiger partial charge >= 0.3 is 0 Å². The topological polar surface area (TPSA) is 129 Å². The number of nitrogens with zero attached hydrogens (tertiary/aromatic N) is 3. The number of aromatic nitrogens is 4. The molecule has 150 valence electrons. The minimum Gasteiger partial charge on any atom is -0.768 e. The second-order valence-corrected chi connectivity index (χ2v) is 8.93. The first-order valence-corrected chi connectivity index (χ1v) is 11.4. The molecule has 4 rings (SSSR count). The zero-order chi connectivity index (χ0) is 20.9. The Morgan fingerprint density at radius 1 is 1.03 bits per heavy atom. The van der Waals surface area contributed by atoms with Crippen LogP contribution in [0.25, 0.3) is 11.0 Å². The van der Waals surface area contributed by atoms with Crippen LogP contribution in [0, 0.1) is 0 Å². The van der Waals surface area contributed by atoms with E-state index in [0.29, 0.717) is 11.3 Å². The molecule has 29 heavy (non-hydrogen) atoms. The smallest absolute Gasteiger partial charge is 0.246 e. The van der Waals surface area contributed by atoms with Gasteiger partial charge in [0.25, 0.3) is 0 Å². The van der Waals surface area contributed by atoms with Gasteiger partial charge in [0.15, 0.2) is 0 Å². The van der Waals surface area contributed by atoms with Crippen molar-refractivity contribution in [3.05, 3.63) is 78.4 Å². The van der Waals surface area contributed by atoms with Gasteiger partial charge in [-0.2, -0.15) is 0 Å². The molecule has 0 saturated heterocycles. The van der Waals surface area contributed by atoms with E-state index in [1.807, 2.05) is 18.3 Å². The van der Waals surface area contributed by atoms with Crippen LogP contribution in [-0.4, -0.2) is 43.4 Å². The molecule has 1 N–H and O–H groups in total. The van der Waals surface area contributed by atoms with Crippen LogP contribution in [0.4, 0.5) is 0 Å². The lowest BCUT2D eigenvalue weighted by Crippen LogP contribution is -2.04. The van der Waals surface area contributed by atoms with Crippen LogP contribution in [0.15, 0.2) is 77.3 Å². The number of hydrogen-bond acceptors (Lipinski definition) is 7. The van der Waals surface area contributed by atoms with Gasteiger partial charge in [-0.05, 0) is 46.5 Å². The molecule has 0 bridgehead atoms. The first kappa shape index (κ1) is 20.8. The lowest BCUT2D eigenvalue weighted by atomic mass is 10.1. The van der Waals surface area contributed by atoms with Gasteiger partial charge in [0.1, 0.15) is 5.65 Å². The van der Waals surface area contributed by atoms with E-state index in [4.69, 9.17) is 0 Å². The van der Waals surface area contributed by atoms with E-state index >= 15 is 0 Å². The van der Waals surface area contributed by atoms with E-state index in [2.05, 4.69) is 19.9 Å². The number of hydrogen-bond donors (Lipinski definition) is 1. The number of fused-ring (bicyclic) bond motifs is 1. The van der Waals surface area contributed by atoms with E-state index in [9.17, 15) is 17.2 Å². The Labute approximate surface area is 170 Å². The van der Waals surface area contributed by atoms with Crippen molar-refractivity contribution in [1.82, 2.24) is 19.9 Å². The van der Waals surface area contributed by atoms with Gasteiger partial charge in [-0.25, -0.2) is 23.4 Å². The minimum absolute atomic E-state index is 0.151. The fourth-order valence-corrected chi connectivity index (χ4v) is 3.40. The predicted octanol–water partition coefficient (Wildman–Crippen LogP) is 2.27. The largest absolute Gasteiger partial charge is 0.768 e. The number of aromatic amines is 1. The number of H-pyrrole nitrogens is 1. The normalized spacial score (nSPS) is 12.2. The molecule has 0 radical (unpaired) electrons. The zero-order valence-electron chi connectivity index (χ0n) is 15.3. The van der Waals surface area contributed by atoms with Crippen molar-refractivity contribution < 1.29 is 17.2 Å². The summed E-state index contributed by atoms with van der Waals surface area (Å²) in [5.41, 5.74) is 2.75. The summed E-state index contributed by atoms with van der Waals surface area (Å²) < 4.78 is 43.0. The number of pyridine rings is 1. The van der Waals surface area contributed by atoms with Gasteiger partial charge in [-0.1, -0.05) is 18.2 Å². The van der Waals surface area contributed by atoms with Crippen molar-refractivity contribution in [2.24, 2.45) is 0 Å². The lowest BCUT2D eigenvalue weighted by molar-refractivity contribution is 0.537. The Hall–Kier alpha value is -2.95. The average Bonchev–Trinajstić information content (AvgIpc) is 3.12. The lowest BCUT2D eigenvalue weighted by Gasteiger charge is -2.01. The molecule has 1 aromatic carbocycles. The third kappa shape index (κ3) is 5.53. The molecular formula is C19H17N4O4S2-. The number of rotatable bonds is 4. The van der Waals surface area contributed by atoms with Crippen molar-refractivity contribution in [3.63, 3.8) is 0 Å². The first-order chi connectivity index (χ1) is 13.8. The molecule has 0 spiro atoms. The molecule has 1 unspecified atom stereocenters. The van der Waals surface area contributed by atoms with Crippen LogP contribution in [0.2, 0.25) is 0 Å². The van der Waals surface area contributed by atoms with Gasteiger partial charge in [-0.15, -0.1) is 0 Å². The highest BCUT2D eigenvalue weighted by molar-refractivity contribution is 7.90. The molecule has 8 nitrogen and oxygen atoms in total. The first-order valence-electron chi connectivity index (χ1n) is 8.41. The molecule has 0 fully saturated rings. The van der Waals surface area contributed by atoms with Gasteiger partial charge in [0.05, 0.1) is 0 Å². The summed E-state index contributed by atoms with van der Waals surface area (Å²) in [7, 11) is -3.35. The van der Waals surface area contributed by atoms with Crippen LogP contribution in [-0.2, 0) is 27.3 Å². The molecular weight excluding hydrogens is 412 g/mol. The third-order valence-electron chi connectivity index (χ3n) is 3.88. The number of nitrogens with one attached hydrogen (secondary N) is 1. The summed E-state index contributed by atoms with van der Waals surface area (Å²) in [5, 5.41) is 0.890. The summed E-state index contributed by atoms with van der Waals surface area (Å²) in [6, 6.07) is 12.1. The van der Waals surface area contributed by atoms with E-state index < -0.39 is 20.9 Å². The highest BCUT2D eigenvalue weighted by Gasteiger charge is 2.11. The number of benzene rings is 1. The van der Waals surface area contributed by atoms with Gasteiger partial charge in [0.2, 0.25) is 15.0 Å². The molecule has 0 aliphatic heterocycles. The van der Waals surface area contributed by atoms with Crippen LogP contribution < -0.4 is 0 Å². The van der Waals surface area contributed by atoms with E-state index in [1.165, 1.54) is 0 Å². The fraction of sp³-hybridized carbons (Fsp3) is 0.105. The van der Waals surface area contributed by atoms with Gasteiger partial charge in [0, 0.05) is 47.7 Å². The predicted molar refractivity (Wildman–Crippen MR) is 108 cm³/mol. The molecule has 4 aromatic rings. The third-order valence-corrected chi connectivity index (χ3v) is 5.41. The molecule has 0 aliphatic carbocycles. The Kier molecular flexibility index (Phi) is 6.47. The Morgan fingerprint density at radius 2 is 1.72 bits per heavy atom. The van der Waals surface area contributed by atoms with Crippen molar-refractivity contribution in [2.75, 3.05) is 6.26 Å². The Morgan fingerprint density at radius 3 is 2.31 bits per heavy atom. The number of sulfone groups is 1. The van der Waals surface area contributed by atoms with Gasteiger partial charge in [-0.3, -0.25) is 4.21 Å². The second kappa shape index (κ2) is 9.03. The molecule has 1 atom stereocenters. The quantitative estimate of drug-likeness (QED) is 0.389. The standard InChI is InChI=1S/C13H12N4O2S.C6H6O2S/c1-20(18,19)13-16-6-9(7-17-13)5-10-8-15-12-11(10)3-2-4-14-12;7-9(8)6-4-2-1-3-5-6/h2-4,6-8H,5H2,1H3,(H,14,15);1-5H,(H,7,8)/p-1. The summed E-state index contributed by atoms with van der Waals surface area (Å²) in [6.07, 6.45) is 8.41. The van der Waals surface area contributed by atoms with E-state index in [1.54, 1.807) is 48.9 Å². The molecule has 3 heterocycles. The van der Waals surface area contributed by atoms with Crippen LogP contribution in [0.5, 0.6) is 0 Å². The van der Waals surface area contributed by atoms with Gasteiger partial charge < -0.3 is 9.54 Å². The van der Waals surface area contributed by atoms with Crippen molar-refractivity contribution >= 4 is 32.0 Å². The summed E-state index contributed by atoms with van der Waals surface area (Å²) in [4.78, 5) is 15.4. The van der Waals surface area contributed by atoms with Crippen LogP contribution >= 0.6 is 0 Å². The molecule has 3 aromatic heterocycles. The second-order valence-electron chi connectivity index (χ2n) is 6.08. The Bertz CT molecular complexity index is 1220. The van der Waals surface area contributed by atoms with E-state index in [0.717, 1.165) is 28.4 Å². The summed E-state index contributed by atoms with van der Waals surface area (Å²) in [6.45, 7) is 0. The Balaban J connectivity index is 0.000000224. The fourth-order valence-electron chi connectivity index (χ4n) is 2.54. The SMILES string of the molecule is CS(=O)(=O)c1ncc(Cc2c[nH]c3ncccc23)cn1.O=S([O-])c1ccccc1. The highest BCUT2D eigenvalue weighted by atomic mass is 32.2. The highest BCUT2D eigenvalue weighted by Crippen LogP contribution is 2.18. The minimum atomic E-state index is -3.35. The molecule has 10 heteroatoms. The monoisotopic (exact) mass is 429 g/mol. The average molecular weight is 430 g/mol. The van der Waals surface area contributed by atoms with Crippen LogP contribution in [0.1, 0.15) is 11.1 Å². The van der Waals surface area contributed by atoms with Crippen molar-refractivity contribution in [1.29, 1.82) is 0 Å². The van der Waals surface area contributed by atoms with Crippen molar-refractivity contribution in [3.8, 4) is 0 Å². The zero-order valence-corrected chi connectivity index (χ0v) is 17.0. The van der Waals surface area contributed by atoms with E-state index in [-0.39, 0.29) is 5.16 Å². The summed E-state index contributed by atoms with van der Waals surface area (Å²) in [5.74, 6) is 0.